The van der Waals surface area contributed by atoms with Gasteiger partial charge in [0.2, 0.25) is 11.8 Å². The van der Waals surface area contributed by atoms with Gasteiger partial charge < -0.3 is 24.8 Å². The number of aliphatic hydroxyl groups excluding tert-OH is 1. The van der Waals surface area contributed by atoms with Gasteiger partial charge in [-0.25, -0.2) is 4.98 Å². The second kappa shape index (κ2) is 9.56. The lowest BCUT2D eigenvalue weighted by Crippen LogP contribution is -2.27. The summed E-state index contributed by atoms with van der Waals surface area (Å²) in [7, 11) is 0. The largest absolute Gasteiger partial charge is 0.489 e. The van der Waals surface area contributed by atoms with E-state index in [1.54, 1.807) is 6.20 Å². The van der Waals surface area contributed by atoms with Crippen LogP contribution in [0.1, 0.15) is 51.1 Å². The zero-order chi connectivity index (χ0) is 21.8. The van der Waals surface area contributed by atoms with Crippen molar-refractivity contribution in [2.75, 3.05) is 18.0 Å². The minimum absolute atomic E-state index is 0.0260. The Morgan fingerprint density at radius 3 is 2.71 bits per heavy atom. The number of benzene rings is 1. The molecule has 0 spiro atoms. The van der Waals surface area contributed by atoms with Gasteiger partial charge in [0, 0.05) is 37.8 Å². The van der Waals surface area contributed by atoms with Gasteiger partial charge in [-0.15, -0.1) is 0 Å². The van der Waals surface area contributed by atoms with Crippen molar-refractivity contribution in [3.05, 3.63) is 48.2 Å². The molecule has 1 aliphatic carbocycles. The van der Waals surface area contributed by atoms with E-state index in [9.17, 15) is 9.90 Å². The second-order valence-electron chi connectivity index (χ2n) is 8.47. The molecule has 0 unspecified atom stereocenters. The molecule has 1 saturated carbocycles. The number of amides is 1. The topological polar surface area (TPSA) is 83.9 Å². The molecule has 7 heteroatoms. The molecular weight excluding hydrogens is 394 g/mol. The van der Waals surface area contributed by atoms with Gasteiger partial charge in [-0.2, -0.15) is 0 Å². The van der Waals surface area contributed by atoms with E-state index in [-0.39, 0.29) is 24.2 Å². The minimum Gasteiger partial charge on any atom is -0.489 e. The summed E-state index contributed by atoms with van der Waals surface area (Å²) in [6.07, 6.45) is 4.89. The van der Waals surface area contributed by atoms with Crippen LogP contribution in [0.25, 0.3) is 0 Å². The average molecular weight is 426 g/mol. The van der Waals surface area contributed by atoms with Crippen LogP contribution >= 0.6 is 0 Å². The summed E-state index contributed by atoms with van der Waals surface area (Å²) >= 11 is 0. The SMILES string of the molecule is CC(=O)N[C@@H](C)c1ccc(O[C@@H]2CCN(c3ccnc(O[C@@H]4CCC[C@H]4O)c3)C2)cc1. The molecule has 1 aliphatic heterocycles. The highest BCUT2D eigenvalue weighted by molar-refractivity contribution is 5.73. The van der Waals surface area contributed by atoms with E-state index in [1.165, 1.54) is 6.92 Å². The standard InChI is InChI=1S/C24H31N3O4/c1-16(26-17(2)28)18-6-8-20(9-7-18)30-21-11-13-27(15-21)19-10-12-25-24(14-19)31-23-5-3-4-22(23)29/h6-10,12,14,16,21-23,29H,3-5,11,13,15H2,1-2H3,(H,26,28)/t16-,21+,22+,23+/m0/s1. The molecule has 7 nitrogen and oxygen atoms in total. The first-order chi connectivity index (χ1) is 15.0. The van der Waals surface area contributed by atoms with Gasteiger partial charge in [0.15, 0.2) is 0 Å². The van der Waals surface area contributed by atoms with Crippen molar-refractivity contribution in [1.29, 1.82) is 0 Å². The van der Waals surface area contributed by atoms with E-state index in [0.717, 1.165) is 55.8 Å². The zero-order valence-corrected chi connectivity index (χ0v) is 18.2. The summed E-state index contributed by atoms with van der Waals surface area (Å²) in [4.78, 5) is 17.8. The van der Waals surface area contributed by atoms with Crippen LogP contribution in [0.5, 0.6) is 11.6 Å². The summed E-state index contributed by atoms with van der Waals surface area (Å²) in [5, 5.41) is 12.9. The Kier molecular flexibility index (Phi) is 6.61. The summed E-state index contributed by atoms with van der Waals surface area (Å²) in [5.74, 6) is 1.36. The van der Waals surface area contributed by atoms with Crippen LogP contribution in [0.4, 0.5) is 5.69 Å². The van der Waals surface area contributed by atoms with Gasteiger partial charge in [0.25, 0.3) is 0 Å². The lowest BCUT2D eigenvalue weighted by Gasteiger charge is -2.21. The normalized spacial score (nSPS) is 24.1. The monoisotopic (exact) mass is 425 g/mol. The third kappa shape index (κ3) is 5.47. The molecule has 4 atom stereocenters. The van der Waals surface area contributed by atoms with Gasteiger partial charge in [0.05, 0.1) is 18.7 Å². The number of anilines is 1. The van der Waals surface area contributed by atoms with Crippen molar-refractivity contribution in [1.82, 2.24) is 10.3 Å². The van der Waals surface area contributed by atoms with Gasteiger partial charge in [-0.05, 0) is 49.9 Å². The van der Waals surface area contributed by atoms with Gasteiger partial charge in [-0.3, -0.25) is 4.79 Å². The molecule has 2 aliphatic rings. The Morgan fingerprint density at radius 2 is 2.00 bits per heavy atom. The smallest absolute Gasteiger partial charge is 0.217 e. The van der Waals surface area contributed by atoms with Crippen LogP contribution in [0.15, 0.2) is 42.6 Å². The Labute approximate surface area is 183 Å². The highest BCUT2D eigenvalue weighted by Gasteiger charge is 2.28. The molecule has 1 aromatic heterocycles. The third-order valence-electron chi connectivity index (χ3n) is 6.02. The molecule has 31 heavy (non-hydrogen) atoms. The van der Waals surface area contributed by atoms with Crippen molar-refractivity contribution in [3.63, 3.8) is 0 Å². The molecule has 4 rings (SSSR count). The summed E-state index contributed by atoms with van der Waals surface area (Å²) in [5.41, 5.74) is 2.11. The van der Waals surface area contributed by atoms with Crippen LogP contribution in [0.3, 0.4) is 0 Å². The Bertz CT molecular complexity index is 889. The molecule has 1 aromatic carbocycles. The number of rotatable bonds is 7. The lowest BCUT2D eigenvalue weighted by molar-refractivity contribution is -0.119. The predicted molar refractivity (Wildman–Crippen MR) is 118 cm³/mol. The number of aliphatic hydroxyl groups is 1. The number of nitrogens with one attached hydrogen (secondary N) is 1. The molecule has 0 radical (unpaired) electrons. The number of pyridine rings is 1. The molecule has 2 heterocycles. The summed E-state index contributed by atoms with van der Waals surface area (Å²) in [6.45, 7) is 5.18. The highest BCUT2D eigenvalue weighted by Crippen LogP contribution is 2.28. The third-order valence-corrected chi connectivity index (χ3v) is 6.02. The van der Waals surface area contributed by atoms with Crippen molar-refractivity contribution in [2.24, 2.45) is 0 Å². The van der Waals surface area contributed by atoms with E-state index in [4.69, 9.17) is 9.47 Å². The molecular formula is C24H31N3O4. The van der Waals surface area contributed by atoms with Crippen LogP contribution in [0.2, 0.25) is 0 Å². The first kappa shape index (κ1) is 21.4. The van der Waals surface area contributed by atoms with E-state index >= 15 is 0 Å². The number of hydrogen-bond acceptors (Lipinski definition) is 6. The molecule has 1 amide bonds. The van der Waals surface area contributed by atoms with Crippen LogP contribution in [-0.4, -0.2) is 47.4 Å². The minimum atomic E-state index is -0.400. The van der Waals surface area contributed by atoms with E-state index in [2.05, 4.69) is 15.2 Å². The fourth-order valence-corrected chi connectivity index (χ4v) is 4.33. The average Bonchev–Trinajstić information content (AvgIpc) is 3.37. The molecule has 2 N–H and O–H groups in total. The Hall–Kier alpha value is -2.80. The highest BCUT2D eigenvalue weighted by atomic mass is 16.5. The number of aromatic nitrogens is 1. The predicted octanol–water partition coefficient (Wildman–Crippen LogP) is 3.23. The number of nitrogens with zero attached hydrogens (tertiary/aromatic N) is 2. The van der Waals surface area contributed by atoms with Crippen molar-refractivity contribution in [3.8, 4) is 11.6 Å². The van der Waals surface area contributed by atoms with E-state index in [0.29, 0.717) is 5.88 Å². The summed E-state index contributed by atoms with van der Waals surface area (Å²) < 4.78 is 12.1. The fraction of sp³-hybridized carbons (Fsp3) is 0.500. The van der Waals surface area contributed by atoms with Crippen molar-refractivity contribution >= 4 is 11.6 Å². The number of ether oxygens (including phenoxy) is 2. The fourth-order valence-electron chi connectivity index (χ4n) is 4.33. The van der Waals surface area contributed by atoms with Crippen LogP contribution < -0.4 is 19.7 Å². The lowest BCUT2D eigenvalue weighted by atomic mass is 10.1. The number of carbonyl (C=O) groups excluding carboxylic acids is 1. The number of carbonyl (C=O) groups is 1. The van der Waals surface area contributed by atoms with Crippen molar-refractivity contribution < 1.29 is 19.4 Å². The maximum atomic E-state index is 11.2. The van der Waals surface area contributed by atoms with E-state index in [1.807, 2.05) is 43.3 Å². The van der Waals surface area contributed by atoms with Gasteiger partial charge in [0.1, 0.15) is 18.0 Å². The van der Waals surface area contributed by atoms with Crippen LogP contribution in [0, 0.1) is 0 Å². The molecule has 0 bridgehead atoms. The first-order valence-corrected chi connectivity index (χ1v) is 11.1. The maximum absolute atomic E-state index is 11.2. The zero-order valence-electron chi connectivity index (χ0n) is 18.2. The Morgan fingerprint density at radius 1 is 1.19 bits per heavy atom. The Balaban J connectivity index is 1.32. The first-order valence-electron chi connectivity index (χ1n) is 11.1. The van der Waals surface area contributed by atoms with Gasteiger partial charge in [-0.1, -0.05) is 12.1 Å². The molecule has 1 saturated heterocycles. The second-order valence-corrected chi connectivity index (χ2v) is 8.47. The van der Waals surface area contributed by atoms with Gasteiger partial charge >= 0.3 is 0 Å². The number of hydrogen-bond donors (Lipinski definition) is 2. The summed E-state index contributed by atoms with van der Waals surface area (Å²) in [6, 6.07) is 11.8. The maximum Gasteiger partial charge on any atom is 0.217 e. The van der Waals surface area contributed by atoms with E-state index < -0.39 is 6.10 Å². The van der Waals surface area contributed by atoms with Crippen LogP contribution in [-0.2, 0) is 4.79 Å². The van der Waals surface area contributed by atoms with Crippen molar-refractivity contribution in [2.45, 2.75) is 63.9 Å². The molecule has 2 aromatic rings. The molecule has 2 fully saturated rings. The molecule has 166 valence electrons. The quantitative estimate of drug-likeness (QED) is 0.709.